The largest absolute Gasteiger partial charge is 0.451 e. The van der Waals surface area contributed by atoms with Crippen molar-refractivity contribution in [2.24, 2.45) is 7.05 Å². The Morgan fingerprint density at radius 1 is 1.17 bits per heavy atom. The monoisotopic (exact) mass is 446 g/mol. The summed E-state index contributed by atoms with van der Waals surface area (Å²) < 4.78 is 86.1. The number of alkyl halides is 3. The number of aryl methyl sites for hydroxylation is 1. The zero-order chi connectivity index (χ0) is 22.2. The highest BCUT2D eigenvalue weighted by molar-refractivity contribution is 7.90. The zero-order valence-electron chi connectivity index (χ0n) is 16.1. The van der Waals surface area contributed by atoms with Crippen LogP contribution in [-0.4, -0.2) is 49.4 Å². The minimum atomic E-state index is -3.80. The number of nitrogens with one attached hydrogen (secondary N) is 1. The fourth-order valence-electron chi connectivity index (χ4n) is 2.73. The fourth-order valence-corrected chi connectivity index (χ4v) is 3.31. The highest BCUT2D eigenvalue weighted by atomic mass is 32.2. The summed E-state index contributed by atoms with van der Waals surface area (Å²) >= 11 is 0. The van der Waals surface area contributed by atoms with Gasteiger partial charge in [-0.25, -0.2) is 13.2 Å². The van der Waals surface area contributed by atoms with Gasteiger partial charge >= 0.3 is 16.6 Å². The Kier molecular flexibility index (Phi) is 5.90. The summed E-state index contributed by atoms with van der Waals surface area (Å²) in [5, 5.41) is 4.58. The molecule has 0 saturated heterocycles. The van der Waals surface area contributed by atoms with Gasteiger partial charge in [0.1, 0.15) is 0 Å². The molecule has 0 saturated carbocycles. The number of hydrogen-bond donors (Lipinski definition) is 1. The highest BCUT2D eigenvalue weighted by Gasteiger charge is 2.25. The van der Waals surface area contributed by atoms with Crippen molar-refractivity contribution in [3.8, 4) is 16.9 Å². The molecule has 0 aliphatic rings. The number of fused-ring (bicyclic) bond motifs is 1. The number of benzene rings is 2. The molecular weight excluding hydrogens is 428 g/mol. The van der Waals surface area contributed by atoms with E-state index in [0.29, 0.717) is 16.5 Å². The van der Waals surface area contributed by atoms with Gasteiger partial charge < -0.3 is 4.74 Å². The van der Waals surface area contributed by atoms with Gasteiger partial charge in [-0.2, -0.15) is 22.2 Å². The second-order valence-corrected chi connectivity index (χ2v) is 8.40. The van der Waals surface area contributed by atoms with Crippen LogP contribution in [0.2, 0.25) is 0 Å². The van der Waals surface area contributed by atoms with Crippen molar-refractivity contribution in [3.63, 3.8) is 0 Å². The maximum atomic E-state index is 14.2. The fraction of sp³-hybridized carbons (Fsp3) is 0.278. The van der Waals surface area contributed by atoms with Crippen molar-refractivity contribution in [1.82, 2.24) is 14.1 Å². The summed E-state index contributed by atoms with van der Waals surface area (Å²) in [7, 11) is 0.477. The Hall–Kier alpha value is -2.86. The van der Waals surface area contributed by atoms with Gasteiger partial charge in [0.05, 0.1) is 5.52 Å². The lowest BCUT2D eigenvalue weighted by molar-refractivity contribution is -0.0681. The average molecular weight is 446 g/mol. The first-order valence-electron chi connectivity index (χ1n) is 8.56. The van der Waals surface area contributed by atoms with Crippen LogP contribution in [0.3, 0.4) is 0 Å². The van der Waals surface area contributed by atoms with Crippen LogP contribution in [0.1, 0.15) is 0 Å². The van der Waals surface area contributed by atoms with Crippen LogP contribution in [0.15, 0.2) is 36.4 Å². The standard InChI is InChI=1S/C18H18F4N4O3S/c1-25(2)30(27,28)24-18-12-8-7-10(9-14(12)26(3)23-18)11-5-4-6-13(19)15(11)29-17(22)16(20)21/h4-9,16-17H,1-3H3,(H,23,24). The first-order chi connectivity index (χ1) is 14.0. The molecule has 0 amide bonds. The molecule has 12 heteroatoms. The van der Waals surface area contributed by atoms with E-state index in [1.807, 2.05) is 0 Å². The molecule has 0 aliphatic heterocycles. The summed E-state index contributed by atoms with van der Waals surface area (Å²) in [6.07, 6.45) is -6.43. The van der Waals surface area contributed by atoms with Gasteiger partial charge in [-0.05, 0) is 23.8 Å². The number of nitrogens with zero attached hydrogens (tertiary/aromatic N) is 3. The molecule has 1 N–H and O–H groups in total. The van der Waals surface area contributed by atoms with Crippen molar-refractivity contribution in [1.29, 1.82) is 0 Å². The molecule has 3 rings (SSSR count). The van der Waals surface area contributed by atoms with Gasteiger partial charge in [-0.1, -0.05) is 18.2 Å². The molecule has 1 heterocycles. The van der Waals surface area contributed by atoms with Crippen LogP contribution >= 0.6 is 0 Å². The molecule has 0 aliphatic carbocycles. The van der Waals surface area contributed by atoms with Gasteiger partial charge in [-0.15, -0.1) is 0 Å². The summed E-state index contributed by atoms with van der Waals surface area (Å²) in [6, 6.07) is 8.25. The minimum Gasteiger partial charge on any atom is -0.451 e. The van der Waals surface area contributed by atoms with E-state index in [1.165, 1.54) is 49.1 Å². The number of halogens is 4. The van der Waals surface area contributed by atoms with Gasteiger partial charge in [0.2, 0.25) is 0 Å². The molecule has 0 fully saturated rings. The van der Waals surface area contributed by atoms with Crippen LogP contribution < -0.4 is 9.46 Å². The second-order valence-electron chi connectivity index (χ2n) is 6.51. The lowest BCUT2D eigenvalue weighted by Crippen LogP contribution is -2.29. The van der Waals surface area contributed by atoms with Crippen LogP contribution in [0.4, 0.5) is 23.4 Å². The third-order valence-electron chi connectivity index (χ3n) is 4.26. The van der Waals surface area contributed by atoms with Crippen LogP contribution in [0.5, 0.6) is 5.75 Å². The maximum absolute atomic E-state index is 14.2. The summed E-state index contributed by atoms with van der Waals surface area (Å²) in [5.74, 6) is -1.58. The minimum absolute atomic E-state index is 0.0526. The molecule has 1 aromatic heterocycles. The maximum Gasteiger partial charge on any atom is 0.304 e. The Bertz CT molecular complexity index is 1180. The van der Waals surface area contributed by atoms with Crippen molar-refractivity contribution in [2.45, 2.75) is 12.8 Å². The van der Waals surface area contributed by atoms with E-state index in [1.54, 1.807) is 7.05 Å². The topological polar surface area (TPSA) is 76.5 Å². The summed E-state index contributed by atoms with van der Waals surface area (Å²) in [6.45, 7) is 0. The van der Waals surface area contributed by atoms with E-state index in [0.717, 1.165) is 10.4 Å². The van der Waals surface area contributed by atoms with Gasteiger partial charge in [0.25, 0.3) is 6.36 Å². The first-order valence-corrected chi connectivity index (χ1v) is 10.00. The van der Waals surface area contributed by atoms with Crippen molar-refractivity contribution < 1.29 is 30.7 Å². The number of rotatable bonds is 7. The number of aromatic nitrogens is 2. The van der Waals surface area contributed by atoms with Crippen LogP contribution in [-0.2, 0) is 17.3 Å². The van der Waals surface area contributed by atoms with Gasteiger partial charge in [0.15, 0.2) is 17.4 Å². The highest BCUT2D eigenvalue weighted by Crippen LogP contribution is 2.36. The molecule has 0 bridgehead atoms. The third-order valence-corrected chi connectivity index (χ3v) is 5.68. The van der Waals surface area contributed by atoms with E-state index in [2.05, 4.69) is 14.6 Å². The van der Waals surface area contributed by atoms with Crippen molar-refractivity contribution in [2.75, 3.05) is 18.8 Å². The van der Waals surface area contributed by atoms with E-state index in [-0.39, 0.29) is 11.4 Å². The smallest absolute Gasteiger partial charge is 0.304 e. The normalized spacial score (nSPS) is 13.2. The second kappa shape index (κ2) is 8.11. The average Bonchev–Trinajstić information content (AvgIpc) is 2.97. The number of hydrogen-bond acceptors (Lipinski definition) is 4. The Morgan fingerprint density at radius 2 is 1.87 bits per heavy atom. The molecule has 3 aromatic rings. The lowest BCUT2D eigenvalue weighted by atomic mass is 10.0. The molecule has 2 aromatic carbocycles. The van der Waals surface area contributed by atoms with Crippen molar-refractivity contribution in [3.05, 3.63) is 42.2 Å². The lowest BCUT2D eigenvalue weighted by Gasteiger charge is -2.15. The first kappa shape index (κ1) is 21.8. The van der Waals surface area contributed by atoms with E-state index in [4.69, 9.17) is 0 Å². The molecule has 162 valence electrons. The van der Waals surface area contributed by atoms with Crippen LogP contribution in [0, 0.1) is 5.82 Å². The quantitative estimate of drug-likeness (QED) is 0.564. The molecule has 30 heavy (non-hydrogen) atoms. The van der Waals surface area contributed by atoms with Crippen LogP contribution in [0.25, 0.3) is 22.0 Å². The molecule has 1 atom stereocenters. The van der Waals surface area contributed by atoms with E-state index >= 15 is 0 Å². The molecule has 0 radical (unpaired) electrons. The summed E-state index contributed by atoms with van der Waals surface area (Å²) in [5.41, 5.74) is 0.852. The van der Waals surface area contributed by atoms with Crippen molar-refractivity contribution >= 4 is 26.9 Å². The van der Waals surface area contributed by atoms with Gasteiger partial charge in [0, 0.05) is 32.1 Å². The molecule has 1 unspecified atom stereocenters. The SMILES string of the molecule is CN(C)S(=O)(=O)Nc1nn(C)c2cc(-c3cccc(F)c3OC(F)C(F)F)ccc12. The molecule has 7 nitrogen and oxygen atoms in total. The zero-order valence-corrected chi connectivity index (χ0v) is 16.9. The van der Waals surface area contributed by atoms with E-state index in [9.17, 15) is 26.0 Å². The predicted molar refractivity (Wildman–Crippen MR) is 104 cm³/mol. The molecule has 0 spiro atoms. The molecular formula is C18H18F4N4O3S. The summed E-state index contributed by atoms with van der Waals surface area (Å²) in [4.78, 5) is 0. The third kappa shape index (κ3) is 4.19. The Morgan fingerprint density at radius 3 is 2.50 bits per heavy atom. The van der Waals surface area contributed by atoms with E-state index < -0.39 is 34.6 Å². The number of para-hydroxylation sites is 1. The number of anilines is 1. The Balaban J connectivity index is 2.08. The number of ether oxygens (including phenoxy) is 1. The van der Waals surface area contributed by atoms with Gasteiger partial charge in [-0.3, -0.25) is 9.40 Å². The Labute approximate surface area is 170 Å². The predicted octanol–water partition coefficient (Wildman–Crippen LogP) is 3.54.